The lowest BCUT2D eigenvalue weighted by Crippen LogP contribution is -2.32. The summed E-state index contributed by atoms with van der Waals surface area (Å²) in [5.41, 5.74) is 12.0. The Kier molecular flexibility index (Phi) is 8.62. The van der Waals surface area contributed by atoms with Gasteiger partial charge in [0.1, 0.15) is 0 Å². The van der Waals surface area contributed by atoms with Crippen LogP contribution in [-0.2, 0) is 4.79 Å². The van der Waals surface area contributed by atoms with E-state index in [1.54, 1.807) is 0 Å². The van der Waals surface area contributed by atoms with E-state index in [-0.39, 0.29) is 11.9 Å². The van der Waals surface area contributed by atoms with Crippen molar-refractivity contribution in [3.05, 3.63) is 35.9 Å². The Morgan fingerprint density at radius 1 is 1.05 bits per heavy atom. The van der Waals surface area contributed by atoms with Crippen molar-refractivity contribution in [1.82, 2.24) is 10.6 Å². The van der Waals surface area contributed by atoms with Crippen molar-refractivity contribution < 1.29 is 4.79 Å². The molecular weight excluding hydrogens is 252 g/mol. The molecule has 1 aromatic carbocycles. The van der Waals surface area contributed by atoms with Gasteiger partial charge in [0.05, 0.1) is 0 Å². The van der Waals surface area contributed by atoms with Crippen molar-refractivity contribution in [2.45, 2.75) is 25.3 Å². The van der Waals surface area contributed by atoms with Crippen molar-refractivity contribution >= 4 is 5.91 Å². The molecule has 5 heteroatoms. The van der Waals surface area contributed by atoms with Gasteiger partial charge in [0.2, 0.25) is 5.91 Å². The van der Waals surface area contributed by atoms with Crippen molar-refractivity contribution in [3.8, 4) is 0 Å². The quantitative estimate of drug-likeness (QED) is 0.469. The molecule has 0 heterocycles. The predicted octanol–water partition coefficient (Wildman–Crippen LogP) is 0.521. The molecule has 1 rings (SSSR count). The van der Waals surface area contributed by atoms with Gasteiger partial charge in [0, 0.05) is 19.0 Å². The minimum atomic E-state index is 0.0284. The van der Waals surface area contributed by atoms with Crippen molar-refractivity contribution in [2.75, 3.05) is 26.2 Å². The molecule has 0 unspecified atom stereocenters. The fraction of sp³-hybridized carbons (Fsp3) is 0.533. The summed E-state index contributed by atoms with van der Waals surface area (Å²) >= 11 is 0. The summed E-state index contributed by atoms with van der Waals surface area (Å²) in [4.78, 5) is 11.9. The van der Waals surface area contributed by atoms with Crippen LogP contribution in [0.1, 0.15) is 30.9 Å². The molecule has 0 radical (unpaired) electrons. The van der Waals surface area contributed by atoms with E-state index < -0.39 is 0 Å². The fourth-order valence-corrected chi connectivity index (χ4v) is 1.96. The molecule has 1 atom stereocenters. The van der Waals surface area contributed by atoms with Crippen LogP contribution in [0.5, 0.6) is 0 Å². The molecule has 1 aromatic rings. The summed E-state index contributed by atoms with van der Waals surface area (Å²) in [7, 11) is 0. The molecule has 112 valence electrons. The Morgan fingerprint density at radius 3 is 2.35 bits per heavy atom. The van der Waals surface area contributed by atoms with Gasteiger partial charge in [0.25, 0.3) is 0 Å². The van der Waals surface area contributed by atoms with Gasteiger partial charge in [0.15, 0.2) is 0 Å². The molecule has 5 nitrogen and oxygen atoms in total. The lowest BCUT2D eigenvalue weighted by Gasteiger charge is -2.19. The second kappa shape index (κ2) is 10.4. The molecule has 0 aliphatic rings. The number of amides is 1. The zero-order valence-corrected chi connectivity index (χ0v) is 12.0. The number of benzene rings is 1. The first-order chi connectivity index (χ1) is 9.77. The maximum absolute atomic E-state index is 11.9. The molecule has 0 bridgehead atoms. The Bertz CT molecular complexity index is 369. The fourth-order valence-electron chi connectivity index (χ4n) is 1.96. The van der Waals surface area contributed by atoms with Gasteiger partial charge in [-0.15, -0.1) is 0 Å². The topological polar surface area (TPSA) is 93.2 Å². The highest BCUT2D eigenvalue weighted by molar-refractivity contribution is 5.76. The maximum atomic E-state index is 11.9. The molecule has 0 aliphatic heterocycles. The smallest absolute Gasteiger partial charge is 0.221 e. The van der Waals surface area contributed by atoms with Gasteiger partial charge in [-0.05, 0) is 38.0 Å². The minimum Gasteiger partial charge on any atom is -0.356 e. The third kappa shape index (κ3) is 6.65. The Morgan fingerprint density at radius 2 is 1.70 bits per heavy atom. The summed E-state index contributed by atoms with van der Waals surface area (Å²) in [6.45, 7) is 2.69. The first-order valence-corrected chi connectivity index (χ1v) is 7.23. The average molecular weight is 278 g/mol. The predicted molar refractivity (Wildman–Crippen MR) is 82.2 cm³/mol. The monoisotopic (exact) mass is 278 g/mol. The van der Waals surface area contributed by atoms with Gasteiger partial charge in [-0.2, -0.15) is 0 Å². The van der Waals surface area contributed by atoms with Gasteiger partial charge in [-0.3, -0.25) is 4.79 Å². The van der Waals surface area contributed by atoms with Crippen LogP contribution in [-0.4, -0.2) is 32.1 Å². The lowest BCUT2D eigenvalue weighted by atomic mass is 10.0. The summed E-state index contributed by atoms with van der Waals surface area (Å²) < 4.78 is 0. The van der Waals surface area contributed by atoms with Crippen molar-refractivity contribution in [3.63, 3.8) is 0 Å². The molecule has 1 amide bonds. The van der Waals surface area contributed by atoms with E-state index in [4.69, 9.17) is 11.5 Å². The first-order valence-electron chi connectivity index (χ1n) is 7.23. The molecular formula is C15H26N4O. The Balaban J connectivity index is 2.52. The summed E-state index contributed by atoms with van der Waals surface area (Å²) in [6.07, 6.45) is 2.14. The molecule has 0 fully saturated rings. The number of hydrogen-bond acceptors (Lipinski definition) is 4. The number of rotatable bonds is 10. The van der Waals surface area contributed by atoms with E-state index in [1.807, 2.05) is 30.3 Å². The molecule has 0 saturated heterocycles. The van der Waals surface area contributed by atoms with E-state index >= 15 is 0 Å². The highest BCUT2D eigenvalue weighted by Crippen LogP contribution is 2.16. The number of nitrogens with two attached hydrogens (primary N) is 2. The highest BCUT2D eigenvalue weighted by Gasteiger charge is 2.14. The molecule has 0 saturated carbocycles. The second-order valence-electron chi connectivity index (χ2n) is 4.76. The van der Waals surface area contributed by atoms with Crippen LogP contribution in [0.2, 0.25) is 0 Å². The zero-order chi connectivity index (χ0) is 14.6. The lowest BCUT2D eigenvalue weighted by molar-refractivity contribution is -0.121. The molecule has 0 aromatic heterocycles. The van der Waals surface area contributed by atoms with E-state index in [1.165, 1.54) is 0 Å². The van der Waals surface area contributed by atoms with E-state index in [0.717, 1.165) is 24.9 Å². The molecule has 0 aliphatic carbocycles. The summed E-state index contributed by atoms with van der Waals surface area (Å²) in [5.74, 6) is 0.0487. The van der Waals surface area contributed by atoms with E-state index in [0.29, 0.717) is 26.1 Å². The second-order valence-corrected chi connectivity index (χ2v) is 4.76. The molecule has 6 N–H and O–H groups in total. The van der Waals surface area contributed by atoms with Gasteiger partial charge >= 0.3 is 0 Å². The van der Waals surface area contributed by atoms with Crippen LogP contribution in [0, 0.1) is 0 Å². The Hall–Kier alpha value is -1.43. The standard InChI is InChI=1S/C15H26N4O/c16-8-4-10-18-14(13-6-2-1-3-7-13)12-15(20)19-11-5-9-17/h1-3,6-7,14,18H,4-5,8-12,16-17H2,(H,19,20)/t14-/m0/s1. The van der Waals surface area contributed by atoms with Gasteiger partial charge in [-0.25, -0.2) is 0 Å². The van der Waals surface area contributed by atoms with Crippen LogP contribution in [0.4, 0.5) is 0 Å². The first kappa shape index (κ1) is 16.6. The van der Waals surface area contributed by atoms with Crippen LogP contribution in [0.25, 0.3) is 0 Å². The molecule has 0 spiro atoms. The summed E-state index contributed by atoms with van der Waals surface area (Å²) in [6, 6.07) is 10.0. The zero-order valence-electron chi connectivity index (χ0n) is 12.0. The van der Waals surface area contributed by atoms with Crippen molar-refractivity contribution in [2.24, 2.45) is 11.5 Å². The average Bonchev–Trinajstić information content (AvgIpc) is 2.47. The SMILES string of the molecule is NCCCNC(=O)C[C@H](NCCCN)c1ccccc1. The van der Waals surface area contributed by atoms with E-state index in [2.05, 4.69) is 10.6 Å². The van der Waals surface area contributed by atoms with Crippen LogP contribution >= 0.6 is 0 Å². The minimum absolute atomic E-state index is 0.0284. The number of nitrogens with one attached hydrogen (secondary N) is 2. The largest absolute Gasteiger partial charge is 0.356 e. The van der Waals surface area contributed by atoms with Crippen LogP contribution < -0.4 is 22.1 Å². The van der Waals surface area contributed by atoms with Gasteiger partial charge in [-0.1, -0.05) is 30.3 Å². The molecule has 20 heavy (non-hydrogen) atoms. The number of carbonyl (C=O) groups is 1. The van der Waals surface area contributed by atoms with Crippen LogP contribution in [0.3, 0.4) is 0 Å². The van der Waals surface area contributed by atoms with Crippen LogP contribution in [0.15, 0.2) is 30.3 Å². The normalized spacial score (nSPS) is 12.1. The third-order valence-electron chi connectivity index (χ3n) is 3.07. The highest BCUT2D eigenvalue weighted by atomic mass is 16.1. The third-order valence-corrected chi connectivity index (χ3v) is 3.07. The number of hydrogen-bond donors (Lipinski definition) is 4. The van der Waals surface area contributed by atoms with E-state index in [9.17, 15) is 4.79 Å². The summed E-state index contributed by atoms with van der Waals surface area (Å²) in [5, 5.41) is 6.28. The van der Waals surface area contributed by atoms with Crippen molar-refractivity contribution in [1.29, 1.82) is 0 Å². The maximum Gasteiger partial charge on any atom is 0.221 e. The number of carbonyl (C=O) groups excluding carboxylic acids is 1. The Labute approximate surface area is 121 Å². The van der Waals surface area contributed by atoms with Gasteiger partial charge < -0.3 is 22.1 Å².